The van der Waals surface area contributed by atoms with E-state index in [9.17, 15) is 4.39 Å². The number of rotatable bonds is 4. The molecule has 3 fully saturated rings. The number of halogens is 1. The van der Waals surface area contributed by atoms with Crippen molar-refractivity contribution < 1.29 is 9.13 Å². The summed E-state index contributed by atoms with van der Waals surface area (Å²) in [7, 11) is 0. The van der Waals surface area contributed by atoms with E-state index in [1.807, 2.05) is 6.07 Å². The molecule has 0 unspecified atom stereocenters. The van der Waals surface area contributed by atoms with Gasteiger partial charge >= 0.3 is 0 Å². The molecule has 3 aliphatic rings. The molecule has 4 rings (SSSR count). The molecule has 0 spiro atoms. The van der Waals surface area contributed by atoms with E-state index in [2.05, 4.69) is 9.80 Å². The summed E-state index contributed by atoms with van der Waals surface area (Å²) >= 11 is 0. The predicted octanol–water partition coefficient (Wildman–Crippen LogP) is 2.37. The highest BCUT2D eigenvalue weighted by Crippen LogP contribution is 2.32. The van der Waals surface area contributed by atoms with Crippen molar-refractivity contribution in [3.63, 3.8) is 0 Å². The third-order valence-corrected chi connectivity index (χ3v) is 4.97. The summed E-state index contributed by atoms with van der Waals surface area (Å²) in [6.07, 6.45) is 4.13. The van der Waals surface area contributed by atoms with Crippen LogP contribution >= 0.6 is 0 Å². The molecule has 1 aliphatic carbocycles. The molecule has 3 nitrogen and oxygen atoms in total. The maximum atomic E-state index is 13.2. The Morgan fingerprint density at radius 3 is 2.90 bits per heavy atom. The summed E-state index contributed by atoms with van der Waals surface area (Å²) in [4.78, 5) is 5.18. The van der Waals surface area contributed by atoms with Crippen molar-refractivity contribution in [2.75, 3.05) is 32.7 Å². The fourth-order valence-corrected chi connectivity index (χ4v) is 3.71. The van der Waals surface area contributed by atoms with E-state index in [0.717, 1.165) is 25.4 Å². The van der Waals surface area contributed by atoms with Gasteiger partial charge in [0.25, 0.3) is 0 Å². The predicted molar refractivity (Wildman–Crippen MR) is 80.0 cm³/mol. The molecule has 114 valence electrons. The Morgan fingerprint density at radius 2 is 2.10 bits per heavy atom. The van der Waals surface area contributed by atoms with Crippen LogP contribution in [0.15, 0.2) is 24.3 Å². The molecule has 0 aromatic heterocycles. The van der Waals surface area contributed by atoms with Crippen LogP contribution in [0.1, 0.15) is 19.3 Å². The normalized spacial score (nSPS) is 30.3. The number of ether oxygens (including phenoxy) is 1. The number of benzene rings is 1. The van der Waals surface area contributed by atoms with Gasteiger partial charge in [-0.25, -0.2) is 4.39 Å². The monoisotopic (exact) mass is 290 g/mol. The minimum atomic E-state index is -0.223. The molecule has 2 heterocycles. The molecule has 0 radical (unpaired) electrons. The molecule has 2 atom stereocenters. The van der Waals surface area contributed by atoms with Crippen molar-refractivity contribution in [1.82, 2.24) is 9.80 Å². The first kappa shape index (κ1) is 13.5. The van der Waals surface area contributed by atoms with Gasteiger partial charge in [0.15, 0.2) is 0 Å². The van der Waals surface area contributed by atoms with Gasteiger partial charge in [-0.1, -0.05) is 6.07 Å². The van der Waals surface area contributed by atoms with Crippen LogP contribution in [0.3, 0.4) is 0 Å². The second-order valence-corrected chi connectivity index (χ2v) is 6.78. The molecule has 0 amide bonds. The molecule has 1 aromatic carbocycles. The Morgan fingerprint density at radius 1 is 1.19 bits per heavy atom. The third kappa shape index (κ3) is 3.22. The number of hydrogen-bond donors (Lipinski definition) is 0. The van der Waals surface area contributed by atoms with E-state index in [4.69, 9.17) is 4.74 Å². The van der Waals surface area contributed by atoms with Gasteiger partial charge in [0.05, 0.1) is 0 Å². The minimum Gasteiger partial charge on any atom is -0.489 e. The SMILES string of the molecule is Fc1cccc(O[C@@H]2C[C@@H]3CN(CC4CC4)CCN3C2)c1. The summed E-state index contributed by atoms with van der Waals surface area (Å²) in [5.41, 5.74) is 0. The van der Waals surface area contributed by atoms with E-state index in [1.165, 1.54) is 44.6 Å². The zero-order valence-corrected chi connectivity index (χ0v) is 12.4. The van der Waals surface area contributed by atoms with Crippen LogP contribution in [0.25, 0.3) is 0 Å². The molecule has 2 aliphatic heterocycles. The third-order valence-electron chi connectivity index (χ3n) is 4.97. The lowest BCUT2D eigenvalue weighted by Crippen LogP contribution is -2.50. The first-order chi connectivity index (χ1) is 10.3. The van der Waals surface area contributed by atoms with Gasteiger partial charge in [-0.05, 0) is 30.9 Å². The van der Waals surface area contributed by atoms with Gasteiger partial charge in [0, 0.05) is 51.3 Å². The Labute approximate surface area is 125 Å². The van der Waals surface area contributed by atoms with E-state index < -0.39 is 0 Å². The summed E-state index contributed by atoms with van der Waals surface area (Å²) < 4.78 is 19.2. The molecule has 0 N–H and O–H groups in total. The van der Waals surface area contributed by atoms with Crippen molar-refractivity contribution in [3.05, 3.63) is 30.1 Å². The molecule has 21 heavy (non-hydrogen) atoms. The van der Waals surface area contributed by atoms with Crippen LogP contribution in [0.2, 0.25) is 0 Å². The summed E-state index contributed by atoms with van der Waals surface area (Å²) in [6.45, 7) is 5.80. The smallest absolute Gasteiger partial charge is 0.126 e. The molecule has 0 bridgehead atoms. The average molecular weight is 290 g/mol. The maximum Gasteiger partial charge on any atom is 0.126 e. The lowest BCUT2D eigenvalue weighted by molar-refractivity contribution is 0.0994. The zero-order valence-electron chi connectivity index (χ0n) is 12.4. The summed E-state index contributed by atoms with van der Waals surface area (Å²) in [5, 5.41) is 0. The molecular weight excluding hydrogens is 267 g/mol. The summed E-state index contributed by atoms with van der Waals surface area (Å²) in [6, 6.07) is 7.12. The van der Waals surface area contributed by atoms with Crippen molar-refractivity contribution >= 4 is 0 Å². The number of nitrogens with zero attached hydrogens (tertiary/aromatic N) is 2. The van der Waals surface area contributed by atoms with Gasteiger partial charge in [-0.15, -0.1) is 0 Å². The van der Waals surface area contributed by atoms with Gasteiger partial charge < -0.3 is 9.64 Å². The first-order valence-corrected chi connectivity index (χ1v) is 8.15. The molecule has 1 saturated carbocycles. The molecule has 1 aromatic rings. The lowest BCUT2D eigenvalue weighted by Gasteiger charge is -2.37. The first-order valence-electron chi connectivity index (χ1n) is 8.15. The van der Waals surface area contributed by atoms with Crippen LogP contribution in [-0.2, 0) is 0 Å². The fourth-order valence-electron chi connectivity index (χ4n) is 3.71. The average Bonchev–Trinajstić information content (AvgIpc) is 3.17. The quantitative estimate of drug-likeness (QED) is 0.847. The lowest BCUT2D eigenvalue weighted by atomic mass is 10.1. The van der Waals surface area contributed by atoms with Crippen LogP contribution < -0.4 is 4.74 Å². The molecular formula is C17H23FN2O. The molecule has 4 heteroatoms. The highest BCUT2D eigenvalue weighted by Gasteiger charge is 2.38. The highest BCUT2D eigenvalue weighted by molar-refractivity contribution is 5.23. The minimum absolute atomic E-state index is 0.206. The van der Waals surface area contributed by atoms with Crippen LogP contribution in [0, 0.1) is 11.7 Å². The van der Waals surface area contributed by atoms with Gasteiger partial charge in [0.2, 0.25) is 0 Å². The van der Waals surface area contributed by atoms with Gasteiger partial charge in [0.1, 0.15) is 17.7 Å². The van der Waals surface area contributed by atoms with E-state index in [1.54, 1.807) is 6.07 Å². The molecule has 2 saturated heterocycles. The highest BCUT2D eigenvalue weighted by atomic mass is 19.1. The van der Waals surface area contributed by atoms with Gasteiger partial charge in [-0.2, -0.15) is 0 Å². The number of piperazine rings is 1. The van der Waals surface area contributed by atoms with Gasteiger partial charge in [-0.3, -0.25) is 4.90 Å². The zero-order chi connectivity index (χ0) is 14.2. The van der Waals surface area contributed by atoms with Crippen LogP contribution in [0.5, 0.6) is 5.75 Å². The fraction of sp³-hybridized carbons (Fsp3) is 0.647. The van der Waals surface area contributed by atoms with E-state index >= 15 is 0 Å². The Hall–Kier alpha value is -1.13. The maximum absolute atomic E-state index is 13.2. The van der Waals surface area contributed by atoms with Crippen molar-refractivity contribution in [1.29, 1.82) is 0 Å². The van der Waals surface area contributed by atoms with Crippen LogP contribution in [0.4, 0.5) is 4.39 Å². The van der Waals surface area contributed by atoms with E-state index in [0.29, 0.717) is 11.8 Å². The summed E-state index contributed by atoms with van der Waals surface area (Å²) in [5.74, 6) is 1.41. The largest absolute Gasteiger partial charge is 0.489 e. The number of fused-ring (bicyclic) bond motifs is 1. The Kier molecular flexibility index (Phi) is 3.59. The Bertz CT molecular complexity index is 505. The van der Waals surface area contributed by atoms with Crippen LogP contribution in [-0.4, -0.2) is 54.7 Å². The van der Waals surface area contributed by atoms with Crippen molar-refractivity contribution in [2.45, 2.75) is 31.4 Å². The van der Waals surface area contributed by atoms with E-state index in [-0.39, 0.29) is 11.9 Å². The Balaban J connectivity index is 1.33. The topological polar surface area (TPSA) is 15.7 Å². The van der Waals surface area contributed by atoms with Crippen molar-refractivity contribution in [3.8, 4) is 5.75 Å². The second-order valence-electron chi connectivity index (χ2n) is 6.78. The number of hydrogen-bond acceptors (Lipinski definition) is 3. The standard InChI is InChI=1S/C17H23FN2O/c18-14-2-1-3-16(8-14)21-17-9-15-11-19(10-13-4-5-13)6-7-20(15)12-17/h1-3,8,13,15,17H,4-7,9-12H2/t15-,17-/m1/s1. The second kappa shape index (κ2) is 5.58. The van der Waals surface area contributed by atoms with Crippen molar-refractivity contribution in [2.24, 2.45) is 5.92 Å².